The molecule has 100 valence electrons. The van der Waals surface area contributed by atoms with Crippen molar-refractivity contribution in [1.29, 1.82) is 0 Å². The van der Waals surface area contributed by atoms with E-state index >= 15 is 0 Å². The molecule has 1 unspecified atom stereocenters. The maximum absolute atomic E-state index is 4.24. The van der Waals surface area contributed by atoms with E-state index in [1.165, 1.54) is 37.7 Å². The van der Waals surface area contributed by atoms with Crippen molar-refractivity contribution in [3.05, 3.63) is 30.1 Å². The lowest BCUT2D eigenvalue weighted by molar-refractivity contribution is 0.219. The third kappa shape index (κ3) is 3.32. The Kier molecular flexibility index (Phi) is 4.76. The number of hydrogen-bond donors (Lipinski definition) is 1. The monoisotopic (exact) mass is 246 g/mol. The molecule has 0 aromatic carbocycles. The van der Waals surface area contributed by atoms with Gasteiger partial charge < -0.3 is 5.32 Å². The van der Waals surface area contributed by atoms with Gasteiger partial charge in [0, 0.05) is 18.4 Å². The molecule has 1 aromatic rings. The zero-order valence-corrected chi connectivity index (χ0v) is 11.8. The maximum atomic E-state index is 4.24. The zero-order valence-electron chi connectivity index (χ0n) is 11.8. The maximum Gasteiger partial charge on any atom is 0.0300 e. The van der Waals surface area contributed by atoms with Gasteiger partial charge in [0.15, 0.2) is 0 Å². The molecule has 0 bridgehead atoms. The van der Waals surface area contributed by atoms with E-state index in [0.717, 1.165) is 13.0 Å². The second-order valence-corrected chi connectivity index (χ2v) is 5.93. The molecule has 1 fully saturated rings. The second kappa shape index (κ2) is 6.33. The molecule has 1 aliphatic rings. The average Bonchev–Trinajstić information content (AvgIpc) is 2.84. The van der Waals surface area contributed by atoms with Crippen LogP contribution < -0.4 is 5.32 Å². The molecular formula is C16H26N2. The molecule has 1 saturated carbocycles. The van der Waals surface area contributed by atoms with Gasteiger partial charge in [0.1, 0.15) is 0 Å². The molecule has 1 atom stereocenters. The lowest BCUT2D eigenvalue weighted by atomic mass is 9.78. The zero-order chi connectivity index (χ0) is 12.8. The van der Waals surface area contributed by atoms with Crippen LogP contribution in [0, 0.1) is 5.41 Å². The lowest BCUT2D eigenvalue weighted by Gasteiger charge is -2.35. The Morgan fingerprint density at radius 3 is 2.78 bits per heavy atom. The van der Waals surface area contributed by atoms with Gasteiger partial charge in [0.05, 0.1) is 0 Å². The van der Waals surface area contributed by atoms with Crippen LogP contribution in [-0.2, 0) is 6.42 Å². The van der Waals surface area contributed by atoms with Gasteiger partial charge in [-0.2, -0.15) is 0 Å². The molecule has 18 heavy (non-hydrogen) atoms. The third-order valence-corrected chi connectivity index (χ3v) is 4.39. The number of hydrogen-bond acceptors (Lipinski definition) is 2. The minimum absolute atomic E-state index is 0.477. The predicted octanol–water partition coefficient (Wildman–Crippen LogP) is 3.57. The van der Waals surface area contributed by atoms with Crippen LogP contribution in [-0.4, -0.2) is 17.6 Å². The van der Waals surface area contributed by atoms with Crippen molar-refractivity contribution in [2.24, 2.45) is 5.41 Å². The van der Waals surface area contributed by atoms with E-state index < -0.39 is 0 Å². The Bertz CT molecular complexity index is 341. The first-order valence-corrected chi connectivity index (χ1v) is 7.37. The SMILES string of the molecule is CCCNC(Cc1cccnc1)C1(C)CCCC1. The Labute approximate surface area is 111 Å². The first-order chi connectivity index (χ1) is 8.74. The van der Waals surface area contributed by atoms with Crippen molar-refractivity contribution in [1.82, 2.24) is 10.3 Å². The summed E-state index contributed by atoms with van der Waals surface area (Å²) in [5.41, 5.74) is 1.84. The number of pyridine rings is 1. The van der Waals surface area contributed by atoms with Crippen molar-refractivity contribution in [2.45, 2.75) is 58.4 Å². The molecule has 0 radical (unpaired) electrons. The van der Waals surface area contributed by atoms with Gasteiger partial charge in [-0.25, -0.2) is 0 Å². The molecule has 2 heteroatoms. The summed E-state index contributed by atoms with van der Waals surface area (Å²) < 4.78 is 0. The highest BCUT2D eigenvalue weighted by Gasteiger charge is 2.36. The van der Waals surface area contributed by atoms with Crippen LogP contribution in [0.2, 0.25) is 0 Å². The molecule has 1 heterocycles. The largest absolute Gasteiger partial charge is 0.313 e. The van der Waals surface area contributed by atoms with Crippen molar-refractivity contribution >= 4 is 0 Å². The lowest BCUT2D eigenvalue weighted by Crippen LogP contribution is -2.44. The standard InChI is InChI=1S/C16H26N2/c1-3-10-18-15(16(2)8-4-5-9-16)12-14-7-6-11-17-13-14/h6-7,11,13,15,18H,3-5,8-10,12H2,1-2H3. The normalized spacial score (nSPS) is 19.9. The van der Waals surface area contributed by atoms with Crippen LogP contribution in [0.25, 0.3) is 0 Å². The van der Waals surface area contributed by atoms with E-state index in [4.69, 9.17) is 0 Å². The molecule has 1 aromatic heterocycles. The quantitative estimate of drug-likeness (QED) is 0.830. The van der Waals surface area contributed by atoms with E-state index in [1.54, 1.807) is 0 Å². The van der Waals surface area contributed by atoms with E-state index in [1.807, 2.05) is 18.5 Å². The fourth-order valence-electron chi connectivity index (χ4n) is 3.17. The van der Waals surface area contributed by atoms with E-state index in [2.05, 4.69) is 30.2 Å². The molecule has 0 amide bonds. The molecule has 1 aliphatic carbocycles. The van der Waals surface area contributed by atoms with Crippen LogP contribution in [0.4, 0.5) is 0 Å². The first-order valence-electron chi connectivity index (χ1n) is 7.37. The summed E-state index contributed by atoms with van der Waals surface area (Å²) in [5.74, 6) is 0. The Balaban J connectivity index is 2.05. The Morgan fingerprint density at radius 2 is 2.17 bits per heavy atom. The van der Waals surface area contributed by atoms with E-state index in [0.29, 0.717) is 11.5 Å². The van der Waals surface area contributed by atoms with Gasteiger partial charge >= 0.3 is 0 Å². The Hall–Kier alpha value is -0.890. The van der Waals surface area contributed by atoms with Gasteiger partial charge in [-0.3, -0.25) is 4.98 Å². The highest BCUT2D eigenvalue weighted by atomic mass is 14.9. The van der Waals surface area contributed by atoms with Gasteiger partial charge in [0.2, 0.25) is 0 Å². The minimum atomic E-state index is 0.477. The summed E-state index contributed by atoms with van der Waals surface area (Å²) in [4.78, 5) is 4.24. The summed E-state index contributed by atoms with van der Waals surface area (Å²) in [5, 5.41) is 3.77. The highest BCUT2D eigenvalue weighted by Crippen LogP contribution is 2.41. The van der Waals surface area contributed by atoms with Crippen molar-refractivity contribution in [2.75, 3.05) is 6.54 Å². The summed E-state index contributed by atoms with van der Waals surface area (Å²) in [6.07, 6.45) is 11.7. The van der Waals surface area contributed by atoms with Gasteiger partial charge in [0.25, 0.3) is 0 Å². The molecule has 2 rings (SSSR count). The van der Waals surface area contributed by atoms with E-state index in [-0.39, 0.29) is 0 Å². The smallest absolute Gasteiger partial charge is 0.0300 e. The summed E-state index contributed by atoms with van der Waals surface area (Å²) in [6.45, 7) is 5.83. The molecule has 2 nitrogen and oxygen atoms in total. The molecule has 0 saturated heterocycles. The number of aromatic nitrogens is 1. The Morgan fingerprint density at radius 1 is 1.39 bits per heavy atom. The van der Waals surface area contributed by atoms with Crippen LogP contribution in [0.5, 0.6) is 0 Å². The number of nitrogens with zero attached hydrogens (tertiary/aromatic N) is 1. The van der Waals surface area contributed by atoms with Gasteiger partial charge in [-0.05, 0) is 49.3 Å². The van der Waals surface area contributed by atoms with Crippen LogP contribution in [0.1, 0.15) is 51.5 Å². The molecular weight excluding hydrogens is 220 g/mol. The second-order valence-electron chi connectivity index (χ2n) is 5.93. The van der Waals surface area contributed by atoms with E-state index in [9.17, 15) is 0 Å². The van der Waals surface area contributed by atoms with Crippen LogP contribution >= 0.6 is 0 Å². The van der Waals surface area contributed by atoms with Crippen molar-refractivity contribution < 1.29 is 0 Å². The fourth-order valence-corrected chi connectivity index (χ4v) is 3.17. The topological polar surface area (TPSA) is 24.9 Å². The molecule has 1 N–H and O–H groups in total. The fraction of sp³-hybridized carbons (Fsp3) is 0.688. The van der Waals surface area contributed by atoms with Crippen LogP contribution in [0.3, 0.4) is 0 Å². The predicted molar refractivity (Wildman–Crippen MR) is 76.6 cm³/mol. The van der Waals surface area contributed by atoms with Crippen molar-refractivity contribution in [3.8, 4) is 0 Å². The van der Waals surface area contributed by atoms with Crippen LogP contribution in [0.15, 0.2) is 24.5 Å². The van der Waals surface area contributed by atoms with Gasteiger partial charge in [-0.1, -0.05) is 32.8 Å². The summed E-state index contributed by atoms with van der Waals surface area (Å²) in [6, 6.07) is 4.85. The number of nitrogens with one attached hydrogen (secondary N) is 1. The first kappa shape index (κ1) is 13.5. The third-order valence-electron chi connectivity index (χ3n) is 4.39. The minimum Gasteiger partial charge on any atom is -0.313 e. The average molecular weight is 246 g/mol. The highest BCUT2D eigenvalue weighted by molar-refractivity contribution is 5.12. The number of rotatable bonds is 6. The van der Waals surface area contributed by atoms with Gasteiger partial charge in [-0.15, -0.1) is 0 Å². The molecule has 0 aliphatic heterocycles. The summed E-state index contributed by atoms with van der Waals surface area (Å²) in [7, 11) is 0. The van der Waals surface area contributed by atoms with Crippen molar-refractivity contribution in [3.63, 3.8) is 0 Å². The summed E-state index contributed by atoms with van der Waals surface area (Å²) >= 11 is 0. The molecule has 0 spiro atoms.